The molecule has 7 nitrogen and oxygen atoms in total. The van der Waals surface area contributed by atoms with Crippen LogP contribution in [0.1, 0.15) is 0 Å². The number of nitrogen functional groups attached to an aromatic ring is 1. The summed E-state index contributed by atoms with van der Waals surface area (Å²) in [5.41, 5.74) is 8.96. The van der Waals surface area contributed by atoms with Crippen molar-refractivity contribution in [2.75, 3.05) is 12.8 Å². The number of aryl methyl sites for hydroxylation is 1. The van der Waals surface area contributed by atoms with E-state index < -0.39 is 11.2 Å². The normalized spacial score (nSPS) is 11.0. The second-order valence-corrected chi connectivity index (χ2v) is 6.75. The lowest BCUT2D eigenvalue weighted by atomic mass is 9.97. The van der Waals surface area contributed by atoms with Crippen LogP contribution >= 0.6 is 0 Å². The first-order chi connectivity index (χ1) is 13.9. The molecule has 0 spiro atoms. The highest BCUT2D eigenvalue weighted by Gasteiger charge is 2.21. The molecule has 0 saturated heterocycles. The molecule has 0 aliphatic carbocycles. The van der Waals surface area contributed by atoms with Gasteiger partial charge in [-0.05, 0) is 17.7 Å². The van der Waals surface area contributed by atoms with Gasteiger partial charge in [-0.2, -0.15) is 0 Å². The van der Waals surface area contributed by atoms with E-state index in [0.717, 1.165) is 15.7 Å². The standard InChI is InChI=1S/C22H20N4O3/c1-25-20-17(21(27)26(2)22(25)28)16(13-9-11-15(29-3)12-10-13)18(23)19(24-20)14-7-5-4-6-8-14/h4-12H,23H2,1-3H3. The molecule has 2 aromatic heterocycles. The number of rotatable bonds is 3. The van der Waals surface area contributed by atoms with Crippen LogP contribution in [0.5, 0.6) is 5.75 Å². The Bertz CT molecular complexity index is 1340. The largest absolute Gasteiger partial charge is 0.497 e. The van der Waals surface area contributed by atoms with Crippen LogP contribution in [0.25, 0.3) is 33.4 Å². The topological polar surface area (TPSA) is 92.1 Å². The highest BCUT2D eigenvalue weighted by atomic mass is 16.5. The number of ether oxygens (including phenoxy) is 1. The molecule has 0 saturated carbocycles. The Morgan fingerprint density at radius 2 is 1.55 bits per heavy atom. The quantitative estimate of drug-likeness (QED) is 0.582. The first-order valence-electron chi connectivity index (χ1n) is 9.03. The van der Waals surface area contributed by atoms with Crippen molar-refractivity contribution in [3.63, 3.8) is 0 Å². The molecule has 0 aliphatic heterocycles. The van der Waals surface area contributed by atoms with Gasteiger partial charge < -0.3 is 10.5 Å². The van der Waals surface area contributed by atoms with Crippen LogP contribution in [0.2, 0.25) is 0 Å². The molecule has 0 amide bonds. The van der Waals surface area contributed by atoms with E-state index in [1.165, 1.54) is 11.6 Å². The molecule has 0 fully saturated rings. The van der Waals surface area contributed by atoms with Gasteiger partial charge in [0.15, 0.2) is 5.65 Å². The molecule has 0 atom stereocenters. The van der Waals surface area contributed by atoms with E-state index in [9.17, 15) is 9.59 Å². The number of hydrogen-bond acceptors (Lipinski definition) is 5. The molecular weight excluding hydrogens is 368 g/mol. The van der Waals surface area contributed by atoms with Crippen molar-refractivity contribution >= 4 is 16.7 Å². The minimum Gasteiger partial charge on any atom is -0.497 e. The third-order valence-electron chi connectivity index (χ3n) is 5.05. The van der Waals surface area contributed by atoms with Crippen molar-refractivity contribution < 1.29 is 4.74 Å². The molecule has 146 valence electrons. The van der Waals surface area contributed by atoms with E-state index in [1.54, 1.807) is 26.3 Å². The average Bonchev–Trinajstić information content (AvgIpc) is 2.76. The van der Waals surface area contributed by atoms with Crippen LogP contribution in [0.15, 0.2) is 64.2 Å². The SMILES string of the molecule is COc1ccc(-c2c(N)c(-c3ccccc3)nc3c2c(=O)n(C)c(=O)n3C)cc1. The van der Waals surface area contributed by atoms with Gasteiger partial charge in [-0.15, -0.1) is 0 Å². The molecule has 2 heterocycles. The van der Waals surface area contributed by atoms with Crippen LogP contribution in [0.3, 0.4) is 0 Å². The Kier molecular flexibility index (Phi) is 4.43. The molecule has 29 heavy (non-hydrogen) atoms. The van der Waals surface area contributed by atoms with Crippen molar-refractivity contribution in [1.82, 2.24) is 14.1 Å². The van der Waals surface area contributed by atoms with Crippen LogP contribution in [0.4, 0.5) is 5.69 Å². The third kappa shape index (κ3) is 2.87. The van der Waals surface area contributed by atoms with E-state index in [4.69, 9.17) is 10.5 Å². The number of nitrogens with two attached hydrogens (primary N) is 1. The molecule has 2 aromatic carbocycles. The second-order valence-electron chi connectivity index (χ2n) is 6.75. The minimum atomic E-state index is -0.445. The maximum atomic E-state index is 13.0. The van der Waals surface area contributed by atoms with Crippen LogP contribution in [0, 0.1) is 0 Å². The number of fused-ring (bicyclic) bond motifs is 1. The fraction of sp³-hybridized carbons (Fsp3) is 0.136. The molecule has 0 bridgehead atoms. The van der Waals surface area contributed by atoms with Crippen LogP contribution in [-0.2, 0) is 14.1 Å². The fourth-order valence-electron chi connectivity index (χ4n) is 3.48. The highest BCUT2D eigenvalue weighted by Crippen LogP contribution is 2.37. The van der Waals surface area contributed by atoms with Crippen LogP contribution in [-0.4, -0.2) is 21.2 Å². The summed E-state index contributed by atoms with van der Waals surface area (Å²) >= 11 is 0. The first-order valence-corrected chi connectivity index (χ1v) is 9.03. The van der Waals surface area contributed by atoms with Gasteiger partial charge in [-0.3, -0.25) is 13.9 Å². The lowest BCUT2D eigenvalue weighted by Gasteiger charge is -2.17. The van der Waals surface area contributed by atoms with E-state index in [1.807, 2.05) is 42.5 Å². The number of pyridine rings is 1. The lowest BCUT2D eigenvalue weighted by molar-refractivity contribution is 0.415. The maximum absolute atomic E-state index is 13.0. The number of nitrogens with zero attached hydrogens (tertiary/aromatic N) is 3. The predicted octanol–water partition coefficient (Wildman–Crippen LogP) is 2.56. The smallest absolute Gasteiger partial charge is 0.332 e. The third-order valence-corrected chi connectivity index (χ3v) is 5.05. The molecular formula is C22H20N4O3. The van der Waals surface area contributed by atoms with Gasteiger partial charge >= 0.3 is 5.69 Å². The van der Waals surface area contributed by atoms with Crippen molar-refractivity contribution in [2.24, 2.45) is 14.1 Å². The summed E-state index contributed by atoms with van der Waals surface area (Å²) in [6, 6.07) is 16.7. The number of methoxy groups -OCH3 is 1. The van der Waals surface area contributed by atoms with Gasteiger partial charge in [0.2, 0.25) is 0 Å². The lowest BCUT2D eigenvalue weighted by Crippen LogP contribution is -2.37. The highest BCUT2D eigenvalue weighted by molar-refractivity contribution is 6.03. The summed E-state index contributed by atoms with van der Waals surface area (Å²) in [7, 11) is 4.63. The Balaban J connectivity index is 2.20. The molecule has 2 N–H and O–H groups in total. The zero-order chi connectivity index (χ0) is 20.7. The number of anilines is 1. The van der Waals surface area contributed by atoms with Crippen molar-refractivity contribution in [1.29, 1.82) is 0 Å². The summed E-state index contributed by atoms with van der Waals surface area (Å²) in [6.45, 7) is 0. The molecule has 4 rings (SSSR count). The molecule has 0 unspecified atom stereocenters. The summed E-state index contributed by atoms with van der Waals surface area (Å²) < 4.78 is 7.68. The van der Waals surface area contributed by atoms with Crippen molar-refractivity contribution in [2.45, 2.75) is 0 Å². The predicted molar refractivity (Wildman–Crippen MR) is 114 cm³/mol. The van der Waals surface area contributed by atoms with E-state index in [0.29, 0.717) is 28.1 Å². The van der Waals surface area contributed by atoms with Gasteiger partial charge in [0, 0.05) is 25.2 Å². The zero-order valence-corrected chi connectivity index (χ0v) is 16.3. The number of benzene rings is 2. The van der Waals surface area contributed by atoms with Gasteiger partial charge in [0.1, 0.15) is 5.75 Å². The summed E-state index contributed by atoms with van der Waals surface area (Å²) in [6.07, 6.45) is 0. The van der Waals surface area contributed by atoms with Gasteiger partial charge in [0.05, 0.1) is 23.9 Å². The maximum Gasteiger partial charge on any atom is 0.332 e. The summed E-state index contributed by atoms with van der Waals surface area (Å²) in [5, 5.41) is 0.303. The monoisotopic (exact) mass is 388 g/mol. The van der Waals surface area contributed by atoms with Gasteiger partial charge in [-0.25, -0.2) is 9.78 Å². The van der Waals surface area contributed by atoms with Crippen LogP contribution < -0.4 is 21.7 Å². The van der Waals surface area contributed by atoms with Crippen molar-refractivity contribution in [3.8, 4) is 28.1 Å². The summed E-state index contributed by atoms with van der Waals surface area (Å²) in [4.78, 5) is 30.2. The summed E-state index contributed by atoms with van der Waals surface area (Å²) in [5.74, 6) is 0.689. The second kappa shape index (κ2) is 6.94. The van der Waals surface area contributed by atoms with E-state index in [2.05, 4.69) is 4.98 Å². The van der Waals surface area contributed by atoms with E-state index in [-0.39, 0.29) is 5.65 Å². The number of aromatic nitrogens is 3. The fourth-order valence-corrected chi connectivity index (χ4v) is 3.48. The van der Waals surface area contributed by atoms with Crippen molar-refractivity contribution in [3.05, 3.63) is 75.4 Å². The zero-order valence-electron chi connectivity index (χ0n) is 16.3. The number of hydrogen-bond donors (Lipinski definition) is 1. The van der Waals surface area contributed by atoms with E-state index >= 15 is 0 Å². The first kappa shape index (κ1) is 18.5. The van der Waals surface area contributed by atoms with Gasteiger partial charge in [-0.1, -0.05) is 42.5 Å². The average molecular weight is 388 g/mol. The minimum absolute atomic E-state index is 0.289. The Morgan fingerprint density at radius 1 is 0.897 bits per heavy atom. The molecule has 0 aliphatic rings. The Labute approximate surface area is 166 Å². The molecule has 4 aromatic rings. The Morgan fingerprint density at radius 3 is 2.17 bits per heavy atom. The Hall–Kier alpha value is -3.87. The van der Waals surface area contributed by atoms with Gasteiger partial charge in [0.25, 0.3) is 5.56 Å². The molecule has 0 radical (unpaired) electrons. The molecule has 7 heteroatoms.